The Morgan fingerprint density at radius 3 is 2.67 bits per heavy atom. The molecule has 108 valence electrons. The maximum absolute atomic E-state index is 12.5. The van der Waals surface area contributed by atoms with Crippen molar-refractivity contribution in [2.24, 2.45) is 0 Å². The number of nitrogens with zero attached hydrogens (tertiary/aromatic N) is 1. The molecule has 0 N–H and O–H groups in total. The van der Waals surface area contributed by atoms with Crippen molar-refractivity contribution in [1.82, 2.24) is 0 Å². The van der Waals surface area contributed by atoms with E-state index in [1.54, 1.807) is 11.8 Å². The summed E-state index contributed by atoms with van der Waals surface area (Å²) >= 11 is 1.69. The first kappa shape index (κ1) is 14.2. The third kappa shape index (κ3) is 3.48. The summed E-state index contributed by atoms with van der Waals surface area (Å²) in [4.78, 5) is 14.4. The van der Waals surface area contributed by atoms with Gasteiger partial charge in [0.15, 0.2) is 0 Å². The van der Waals surface area contributed by atoms with Gasteiger partial charge in [-0.3, -0.25) is 4.79 Å². The molecule has 3 heteroatoms. The number of hydrogen-bond acceptors (Lipinski definition) is 2. The van der Waals surface area contributed by atoms with Crippen LogP contribution in [-0.4, -0.2) is 18.2 Å². The molecular weight excluding hydrogens is 278 g/mol. The van der Waals surface area contributed by atoms with Gasteiger partial charge >= 0.3 is 0 Å². The van der Waals surface area contributed by atoms with Gasteiger partial charge in [-0.25, -0.2) is 0 Å². The summed E-state index contributed by atoms with van der Waals surface area (Å²) in [5.41, 5.74) is 3.67. The smallest absolute Gasteiger partial charge is 0.236 e. The Balaban J connectivity index is 1.59. The average Bonchev–Trinajstić information content (AvgIpc) is 2.55. The first-order valence-electron chi connectivity index (χ1n) is 7.34. The minimum absolute atomic E-state index is 0.225. The average molecular weight is 297 g/mol. The van der Waals surface area contributed by atoms with Crippen molar-refractivity contribution in [2.75, 3.05) is 17.2 Å². The summed E-state index contributed by atoms with van der Waals surface area (Å²) in [7, 11) is 0. The van der Waals surface area contributed by atoms with Crippen LogP contribution in [0.5, 0.6) is 0 Å². The SMILES string of the molecule is O=C(CSCc1ccccc1)N1CCCc2ccccc21. The van der Waals surface area contributed by atoms with Gasteiger partial charge in [-0.1, -0.05) is 48.5 Å². The summed E-state index contributed by atoms with van der Waals surface area (Å²) in [5.74, 6) is 1.66. The minimum Gasteiger partial charge on any atom is -0.311 e. The minimum atomic E-state index is 0.225. The molecule has 2 aromatic carbocycles. The van der Waals surface area contributed by atoms with Crippen LogP contribution in [0.15, 0.2) is 54.6 Å². The highest BCUT2D eigenvalue weighted by atomic mass is 32.2. The quantitative estimate of drug-likeness (QED) is 0.853. The van der Waals surface area contributed by atoms with Crippen molar-refractivity contribution in [2.45, 2.75) is 18.6 Å². The van der Waals surface area contributed by atoms with E-state index < -0.39 is 0 Å². The molecule has 21 heavy (non-hydrogen) atoms. The van der Waals surface area contributed by atoms with E-state index in [0.29, 0.717) is 5.75 Å². The lowest BCUT2D eigenvalue weighted by Gasteiger charge is -2.29. The Morgan fingerprint density at radius 1 is 1.05 bits per heavy atom. The number of hydrogen-bond donors (Lipinski definition) is 0. The lowest BCUT2D eigenvalue weighted by molar-refractivity contribution is -0.116. The highest BCUT2D eigenvalue weighted by molar-refractivity contribution is 7.99. The predicted molar refractivity (Wildman–Crippen MR) is 89.7 cm³/mol. The second-order valence-corrected chi connectivity index (χ2v) is 6.24. The van der Waals surface area contributed by atoms with E-state index >= 15 is 0 Å². The van der Waals surface area contributed by atoms with Crippen LogP contribution in [-0.2, 0) is 17.0 Å². The zero-order valence-corrected chi connectivity index (χ0v) is 12.8. The topological polar surface area (TPSA) is 20.3 Å². The lowest BCUT2D eigenvalue weighted by atomic mass is 10.0. The molecule has 1 aliphatic heterocycles. The lowest BCUT2D eigenvalue weighted by Crippen LogP contribution is -2.36. The standard InChI is InChI=1S/C18H19NOS/c20-18(14-21-13-15-7-2-1-3-8-15)19-12-6-10-16-9-4-5-11-17(16)19/h1-5,7-9,11H,6,10,12-14H2. The number of benzene rings is 2. The first-order valence-corrected chi connectivity index (χ1v) is 8.50. The number of anilines is 1. The molecule has 3 rings (SSSR count). The van der Waals surface area contributed by atoms with Gasteiger partial charge in [-0.2, -0.15) is 0 Å². The van der Waals surface area contributed by atoms with Gasteiger partial charge in [0.2, 0.25) is 5.91 Å². The molecule has 2 aromatic rings. The number of amides is 1. The van der Waals surface area contributed by atoms with Gasteiger partial charge in [-0.15, -0.1) is 11.8 Å². The van der Waals surface area contributed by atoms with E-state index in [9.17, 15) is 4.79 Å². The number of carbonyl (C=O) groups excluding carboxylic acids is 1. The number of carbonyl (C=O) groups is 1. The number of aryl methyl sites for hydroxylation is 1. The second kappa shape index (κ2) is 6.81. The van der Waals surface area contributed by atoms with Gasteiger partial charge in [0.05, 0.1) is 5.75 Å². The molecule has 0 aromatic heterocycles. The van der Waals surface area contributed by atoms with E-state index in [2.05, 4.69) is 30.3 Å². The fraction of sp³-hybridized carbons (Fsp3) is 0.278. The van der Waals surface area contributed by atoms with Crippen LogP contribution >= 0.6 is 11.8 Å². The van der Waals surface area contributed by atoms with Gasteiger partial charge in [0.25, 0.3) is 0 Å². The van der Waals surface area contributed by atoms with Crippen molar-refractivity contribution in [3.05, 3.63) is 65.7 Å². The zero-order valence-electron chi connectivity index (χ0n) is 12.0. The Labute approximate surface area is 130 Å². The van der Waals surface area contributed by atoms with Crippen LogP contribution < -0.4 is 4.90 Å². The molecule has 0 aliphatic carbocycles. The summed E-state index contributed by atoms with van der Waals surface area (Å²) < 4.78 is 0. The normalized spacial score (nSPS) is 13.8. The van der Waals surface area contributed by atoms with Gasteiger partial charge in [0.1, 0.15) is 0 Å². The predicted octanol–water partition coefficient (Wildman–Crippen LogP) is 3.90. The highest BCUT2D eigenvalue weighted by Crippen LogP contribution is 2.27. The molecule has 2 nitrogen and oxygen atoms in total. The molecule has 0 radical (unpaired) electrons. The fourth-order valence-electron chi connectivity index (χ4n) is 2.70. The maximum Gasteiger partial charge on any atom is 0.236 e. The van der Waals surface area contributed by atoms with Gasteiger partial charge in [0, 0.05) is 18.0 Å². The van der Waals surface area contributed by atoms with Crippen molar-refractivity contribution in [3.63, 3.8) is 0 Å². The molecule has 0 spiro atoms. The molecule has 0 atom stereocenters. The number of thioether (sulfide) groups is 1. The van der Waals surface area contributed by atoms with Crippen LogP contribution in [0, 0.1) is 0 Å². The molecule has 1 heterocycles. The monoisotopic (exact) mass is 297 g/mol. The molecule has 0 bridgehead atoms. The molecule has 0 saturated heterocycles. The number of rotatable bonds is 4. The van der Waals surface area contributed by atoms with Crippen molar-refractivity contribution >= 4 is 23.4 Å². The van der Waals surface area contributed by atoms with Crippen LogP contribution in [0.2, 0.25) is 0 Å². The first-order chi connectivity index (χ1) is 10.3. The summed E-state index contributed by atoms with van der Waals surface area (Å²) in [6.07, 6.45) is 2.14. The highest BCUT2D eigenvalue weighted by Gasteiger charge is 2.21. The van der Waals surface area contributed by atoms with Crippen LogP contribution in [0.25, 0.3) is 0 Å². The molecular formula is C18H19NOS. The van der Waals surface area contributed by atoms with Crippen molar-refractivity contribution in [1.29, 1.82) is 0 Å². The van der Waals surface area contributed by atoms with E-state index in [1.165, 1.54) is 11.1 Å². The summed E-state index contributed by atoms with van der Waals surface area (Å²) in [5, 5.41) is 0. The van der Waals surface area contributed by atoms with Crippen LogP contribution in [0.3, 0.4) is 0 Å². The second-order valence-electron chi connectivity index (χ2n) is 5.26. The Morgan fingerprint density at radius 2 is 1.81 bits per heavy atom. The van der Waals surface area contributed by atoms with Crippen LogP contribution in [0.1, 0.15) is 17.5 Å². The van der Waals surface area contributed by atoms with E-state index in [0.717, 1.165) is 30.8 Å². The molecule has 0 fully saturated rings. The largest absolute Gasteiger partial charge is 0.311 e. The van der Waals surface area contributed by atoms with E-state index in [-0.39, 0.29) is 5.91 Å². The molecule has 0 saturated carbocycles. The number of para-hydroxylation sites is 1. The van der Waals surface area contributed by atoms with E-state index in [1.807, 2.05) is 29.2 Å². The van der Waals surface area contributed by atoms with Gasteiger partial charge in [-0.05, 0) is 30.0 Å². The molecule has 0 unspecified atom stereocenters. The Bertz CT molecular complexity index is 612. The zero-order chi connectivity index (χ0) is 14.5. The number of fused-ring (bicyclic) bond motifs is 1. The van der Waals surface area contributed by atoms with Crippen LogP contribution in [0.4, 0.5) is 5.69 Å². The third-order valence-corrected chi connectivity index (χ3v) is 4.74. The molecule has 1 amide bonds. The van der Waals surface area contributed by atoms with E-state index in [4.69, 9.17) is 0 Å². The summed E-state index contributed by atoms with van der Waals surface area (Å²) in [6, 6.07) is 18.6. The summed E-state index contributed by atoms with van der Waals surface area (Å²) in [6.45, 7) is 0.849. The van der Waals surface area contributed by atoms with Crippen molar-refractivity contribution < 1.29 is 4.79 Å². The molecule has 1 aliphatic rings. The van der Waals surface area contributed by atoms with Gasteiger partial charge < -0.3 is 4.90 Å². The Hall–Kier alpha value is -1.74. The third-order valence-electron chi connectivity index (χ3n) is 3.75. The maximum atomic E-state index is 12.5. The van der Waals surface area contributed by atoms with Crippen molar-refractivity contribution in [3.8, 4) is 0 Å². The fourth-order valence-corrected chi connectivity index (χ4v) is 3.56. The Kier molecular flexibility index (Phi) is 4.61.